The average Bonchev–Trinajstić information content (AvgIpc) is 3.05. The summed E-state index contributed by atoms with van der Waals surface area (Å²) in [5, 5.41) is 18.5. The molecule has 0 bridgehead atoms. The molecule has 2 aliphatic rings. The molecule has 208 valence electrons. The van der Waals surface area contributed by atoms with E-state index >= 15 is 0 Å². The number of halogens is 6. The highest BCUT2D eigenvalue weighted by molar-refractivity contribution is 5.73. The van der Waals surface area contributed by atoms with Gasteiger partial charge < -0.3 is 19.7 Å². The Hall–Kier alpha value is -2.43. The van der Waals surface area contributed by atoms with Crippen molar-refractivity contribution >= 4 is 11.9 Å². The van der Waals surface area contributed by atoms with E-state index < -0.39 is 24.3 Å². The number of hydrogen-bond acceptors (Lipinski definition) is 7. The van der Waals surface area contributed by atoms with E-state index in [0.29, 0.717) is 12.6 Å². The number of carbonyl (C=O) groups is 2. The maximum atomic E-state index is 10.6. The smallest absolute Gasteiger partial charge is 0.475 e. The van der Waals surface area contributed by atoms with Crippen LogP contribution in [0.5, 0.6) is 0 Å². The van der Waals surface area contributed by atoms with Gasteiger partial charge in [-0.25, -0.2) is 9.59 Å². The molecule has 0 aromatic carbocycles. The van der Waals surface area contributed by atoms with Crippen LogP contribution < -0.4 is 0 Å². The second-order valence-corrected chi connectivity index (χ2v) is 8.49. The molecule has 3 heterocycles. The summed E-state index contributed by atoms with van der Waals surface area (Å²) >= 11 is 0. The second kappa shape index (κ2) is 13.2. The van der Waals surface area contributed by atoms with Gasteiger partial charge in [0.15, 0.2) is 0 Å². The fourth-order valence-electron chi connectivity index (χ4n) is 3.43. The number of carboxylic acid groups (broad SMARTS) is 2. The van der Waals surface area contributed by atoms with E-state index in [0.717, 1.165) is 45.9 Å². The molecule has 1 atom stereocenters. The zero-order chi connectivity index (χ0) is 27.7. The predicted octanol–water partition coefficient (Wildman–Crippen LogP) is 2.00. The first-order valence-electron chi connectivity index (χ1n) is 10.7. The summed E-state index contributed by atoms with van der Waals surface area (Å²) in [7, 11) is 1.96. The molecule has 0 aliphatic carbocycles. The SMILES string of the molecule is CC(C)N1CCOC2(COCCN(Cc3cnn(C)c3)C2)C1.O=C(O)C(F)(F)F.O=C(O)C(F)(F)F. The number of ether oxygens (including phenoxy) is 2. The lowest BCUT2D eigenvalue weighted by Crippen LogP contribution is -2.59. The fourth-order valence-corrected chi connectivity index (χ4v) is 3.43. The van der Waals surface area contributed by atoms with Crippen LogP contribution in [0, 0.1) is 0 Å². The third-order valence-electron chi connectivity index (χ3n) is 5.09. The van der Waals surface area contributed by atoms with Gasteiger partial charge in [-0.2, -0.15) is 31.4 Å². The van der Waals surface area contributed by atoms with E-state index in [-0.39, 0.29) is 5.60 Å². The number of hydrogen-bond donors (Lipinski definition) is 2. The molecule has 2 aliphatic heterocycles. The lowest BCUT2D eigenvalue weighted by atomic mass is 10.0. The van der Waals surface area contributed by atoms with Crippen molar-refractivity contribution in [1.29, 1.82) is 0 Å². The Bertz CT molecular complexity index is 823. The van der Waals surface area contributed by atoms with E-state index in [1.54, 1.807) is 0 Å². The van der Waals surface area contributed by atoms with Crippen LogP contribution in [0.25, 0.3) is 0 Å². The van der Waals surface area contributed by atoms with E-state index in [1.165, 1.54) is 5.56 Å². The van der Waals surface area contributed by atoms with Gasteiger partial charge in [0, 0.05) is 57.6 Å². The van der Waals surface area contributed by atoms with Crippen molar-refractivity contribution in [3.8, 4) is 0 Å². The Balaban J connectivity index is 0.000000383. The lowest BCUT2D eigenvalue weighted by molar-refractivity contribution is -0.193. The Morgan fingerprint density at radius 3 is 2.06 bits per heavy atom. The number of aliphatic carboxylic acids is 2. The number of aryl methyl sites for hydroxylation is 1. The zero-order valence-electron chi connectivity index (χ0n) is 20.0. The average molecular weight is 536 g/mol. The summed E-state index contributed by atoms with van der Waals surface area (Å²) in [6, 6.07) is 0.552. The lowest BCUT2D eigenvalue weighted by Gasteiger charge is -2.44. The molecule has 16 heteroatoms. The molecule has 0 radical (unpaired) electrons. The molecule has 36 heavy (non-hydrogen) atoms. The number of carboxylic acids is 2. The van der Waals surface area contributed by atoms with E-state index in [1.807, 2.05) is 17.9 Å². The highest BCUT2D eigenvalue weighted by Gasteiger charge is 2.41. The first kappa shape index (κ1) is 31.6. The molecule has 2 saturated heterocycles. The minimum Gasteiger partial charge on any atom is -0.475 e. The van der Waals surface area contributed by atoms with Crippen molar-refractivity contribution in [2.24, 2.45) is 7.05 Å². The van der Waals surface area contributed by atoms with Gasteiger partial charge in [0.25, 0.3) is 0 Å². The summed E-state index contributed by atoms with van der Waals surface area (Å²) in [4.78, 5) is 22.7. The number of morpholine rings is 1. The Labute approximate surface area is 203 Å². The Morgan fingerprint density at radius 2 is 1.61 bits per heavy atom. The van der Waals surface area contributed by atoms with Gasteiger partial charge in [-0.1, -0.05) is 0 Å². The van der Waals surface area contributed by atoms with Gasteiger partial charge >= 0.3 is 24.3 Å². The Morgan fingerprint density at radius 1 is 1.06 bits per heavy atom. The summed E-state index contributed by atoms with van der Waals surface area (Å²) in [5.41, 5.74) is 1.05. The van der Waals surface area contributed by atoms with Crippen molar-refractivity contribution in [3.05, 3.63) is 18.0 Å². The summed E-state index contributed by atoms with van der Waals surface area (Å²) < 4.78 is 77.4. The molecule has 1 aromatic heterocycles. The van der Waals surface area contributed by atoms with E-state index in [9.17, 15) is 26.3 Å². The largest absolute Gasteiger partial charge is 0.490 e. The summed E-state index contributed by atoms with van der Waals surface area (Å²) in [5.74, 6) is -5.51. The third kappa shape index (κ3) is 11.1. The quantitative estimate of drug-likeness (QED) is 0.560. The normalized spacial score (nSPS) is 21.7. The van der Waals surface area contributed by atoms with Crippen LogP contribution in [-0.2, 0) is 32.7 Å². The highest BCUT2D eigenvalue weighted by atomic mass is 19.4. The van der Waals surface area contributed by atoms with Crippen LogP contribution in [0.15, 0.2) is 12.4 Å². The first-order valence-corrected chi connectivity index (χ1v) is 10.7. The van der Waals surface area contributed by atoms with Crippen molar-refractivity contribution in [2.75, 3.05) is 46.0 Å². The first-order chi connectivity index (χ1) is 16.4. The van der Waals surface area contributed by atoms with Crippen LogP contribution >= 0.6 is 0 Å². The standard InChI is InChI=1S/C16H28N4O2.2C2HF3O2/c1-14(2)20-5-7-22-16(12-20)11-19(4-6-21-13-16)10-15-8-17-18(3)9-15;2*3-2(4,5)1(6)7/h8-9,14H,4-7,10-13H2,1-3H3;2*(H,6,7). The summed E-state index contributed by atoms with van der Waals surface area (Å²) in [6.07, 6.45) is -6.14. The van der Waals surface area contributed by atoms with Crippen LogP contribution in [0.4, 0.5) is 26.3 Å². The topological polar surface area (TPSA) is 117 Å². The number of alkyl halides is 6. The van der Waals surface area contributed by atoms with Gasteiger partial charge in [0.05, 0.1) is 26.0 Å². The molecular formula is C20H30F6N4O6. The van der Waals surface area contributed by atoms with Crippen LogP contribution in [0.1, 0.15) is 19.4 Å². The molecule has 2 N–H and O–H groups in total. The molecule has 10 nitrogen and oxygen atoms in total. The molecule has 1 spiro atoms. The van der Waals surface area contributed by atoms with E-state index in [4.69, 9.17) is 29.3 Å². The van der Waals surface area contributed by atoms with Crippen molar-refractivity contribution in [1.82, 2.24) is 19.6 Å². The maximum absolute atomic E-state index is 10.6. The minimum absolute atomic E-state index is 0.193. The van der Waals surface area contributed by atoms with Gasteiger partial charge in [-0.3, -0.25) is 14.5 Å². The Kier molecular flexibility index (Phi) is 11.6. The second-order valence-electron chi connectivity index (χ2n) is 8.49. The molecule has 1 aromatic rings. The number of aromatic nitrogens is 2. The zero-order valence-corrected chi connectivity index (χ0v) is 20.0. The van der Waals surface area contributed by atoms with Crippen LogP contribution in [0.2, 0.25) is 0 Å². The predicted molar refractivity (Wildman–Crippen MR) is 112 cm³/mol. The van der Waals surface area contributed by atoms with Crippen molar-refractivity contribution < 1.29 is 55.6 Å². The van der Waals surface area contributed by atoms with Gasteiger partial charge in [0.2, 0.25) is 0 Å². The van der Waals surface area contributed by atoms with Gasteiger partial charge in [-0.05, 0) is 13.8 Å². The molecular weight excluding hydrogens is 506 g/mol. The summed E-state index contributed by atoms with van der Waals surface area (Å²) in [6.45, 7) is 11.5. The minimum atomic E-state index is -5.08. The van der Waals surface area contributed by atoms with Crippen LogP contribution in [-0.4, -0.2) is 112 Å². The van der Waals surface area contributed by atoms with E-state index in [2.05, 4.69) is 34.9 Å². The third-order valence-corrected chi connectivity index (χ3v) is 5.09. The maximum Gasteiger partial charge on any atom is 0.490 e. The van der Waals surface area contributed by atoms with Crippen LogP contribution in [0.3, 0.4) is 0 Å². The molecule has 0 amide bonds. The van der Waals surface area contributed by atoms with Crippen molar-refractivity contribution in [3.63, 3.8) is 0 Å². The number of rotatable bonds is 3. The fraction of sp³-hybridized carbons (Fsp3) is 0.750. The molecule has 1 unspecified atom stereocenters. The molecule has 0 saturated carbocycles. The number of nitrogens with zero attached hydrogens (tertiary/aromatic N) is 4. The molecule has 2 fully saturated rings. The van der Waals surface area contributed by atoms with Crippen molar-refractivity contribution in [2.45, 2.75) is 44.4 Å². The van der Waals surface area contributed by atoms with Gasteiger partial charge in [0.1, 0.15) is 5.60 Å². The van der Waals surface area contributed by atoms with Gasteiger partial charge in [-0.15, -0.1) is 0 Å². The monoisotopic (exact) mass is 536 g/mol. The highest BCUT2D eigenvalue weighted by Crippen LogP contribution is 2.24. The molecule has 3 rings (SSSR count).